The Labute approximate surface area is 264 Å². The number of aliphatic hydroxyl groups is 2. The third-order valence-electron chi connectivity index (χ3n) is 6.05. The van der Waals surface area contributed by atoms with Crippen LogP contribution in [0, 0.1) is 0 Å². The smallest absolute Gasteiger partial charge is 0.463 e. The summed E-state index contributed by atoms with van der Waals surface area (Å²) in [6.45, 7) is -0.166. The highest BCUT2D eigenvalue weighted by atomic mass is 16.8. The van der Waals surface area contributed by atoms with Gasteiger partial charge in [0.25, 0.3) is 0 Å². The molecule has 0 aromatic heterocycles. The second-order valence-electron chi connectivity index (χ2n) is 10.2. The van der Waals surface area contributed by atoms with Crippen molar-refractivity contribution in [1.29, 1.82) is 0 Å². The van der Waals surface area contributed by atoms with E-state index in [0.717, 1.165) is 25.7 Å². The van der Waals surface area contributed by atoms with Gasteiger partial charge in [-0.15, -0.1) is 0 Å². The Morgan fingerprint density at radius 3 is 1.30 bits per heavy atom. The maximum Gasteiger partial charge on any atom is 0.508 e. The summed E-state index contributed by atoms with van der Waals surface area (Å²) in [5.74, 6) is -2.68. The molecule has 0 amide bonds. The van der Waals surface area contributed by atoms with Crippen LogP contribution < -0.4 is 0 Å². The van der Waals surface area contributed by atoms with Crippen molar-refractivity contribution in [1.82, 2.24) is 0 Å². The van der Waals surface area contributed by atoms with Crippen molar-refractivity contribution < 1.29 is 86.3 Å². The van der Waals surface area contributed by atoms with Gasteiger partial charge < -0.3 is 57.6 Å². The second-order valence-corrected chi connectivity index (χ2v) is 10.2. The van der Waals surface area contributed by atoms with Gasteiger partial charge in [-0.2, -0.15) is 0 Å². The van der Waals surface area contributed by atoms with E-state index in [4.69, 9.17) is 37.9 Å². The fraction of sp³-hybridized carbons (Fsp3) is 0.786. The van der Waals surface area contributed by atoms with E-state index < -0.39 is 60.6 Å². The van der Waals surface area contributed by atoms with Crippen LogP contribution in [0.15, 0.2) is 0 Å². The summed E-state index contributed by atoms with van der Waals surface area (Å²) in [7, 11) is 0. The fourth-order valence-corrected chi connectivity index (χ4v) is 3.64. The number of rotatable bonds is 25. The van der Waals surface area contributed by atoms with Crippen LogP contribution in [-0.4, -0.2) is 137 Å². The van der Waals surface area contributed by atoms with Gasteiger partial charge in [-0.05, 0) is 12.8 Å². The van der Waals surface area contributed by atoms with Crippen molar-refractivity contribution in [2.75, 3.05) is 66.1 Å². The molecule has 2 heterocycles. The normalized spacial score (nSPS) is 18.4. The predicted octanol–water partition coefficient (Wildman–Crippen LogP) is 0.106. The molecule has 0 saturated carbocycles. The largest absolute Gasteiger partial charge is 0.508 e. The number of aliphatic hydroxyl groups excluding tert-OH is 2. The molecule has 2 saturated heterocycles. The number of esters is 4. The van der Waals surface area contributed by atoms with E-state index in [-0.39, 0.29) is 78.5 Å². The highest BCUT2D eigenvalue weighted by Gasteiger charge is 2.27. The average molecular weight is 667 g/mol. The summed E-state index contributed by atoms with van der Waals surface area (Å²) in [6.07, 6.45) is -2.80. The van der Waals surface area contributed by atoms with E-state index in [1.165, 1.54) is 0 Å². The van der Waals surface area contributed by atoms with Crippen LogP contribution >= 0.6 is 0 Å². The first-order valence-electron chi connectivity index (χ1n) is 14.9. The van der Waals surface area contributed by atoms with Gasteiger partial charge in [-0.25, -0.2) is 9.59 Å². The van der Waals surface area contributed by atoms with Crippen molar-refractivity contribution >= 4 is 36.2 Å². The Kier molecular flexibility index (Phi) is 19.0. The van der Waals surface area contributed by atoms with Crippen molar-refractivity contribution in [3.63, 3.8) is 0 Å². The van der Waals surface area contributed by atoms with E-state index in [2.05, 4.69) is 9.47 Å². The molecular formula is C28H42O18. The lowest BCUT2D eigenvalue weighted by molar-refractivity contribution is -0.153. The summed E-state index contributed by atoms with van der Waals surface area (Å²) >= 11 is 0. The molecule has 2 fully saturated rings. The molecular weight excluding hydrogens is 624 g/mol. The Morgan fingerprint density at radius 2 is 0.957 bits per heavy atom. The Balaban J connectivity index is 1.32. The molecule has 4 unspecified atom stereocenters. The summed E-state index contributed by atoms with van der Waals surface area (Å²) in [5.41, 5.74) is 0. The van der Waals surface area contributed by atoms with Gasteiger partial charge in [-0.1, -0.05) is 12.8 Å². The lowest BCUT2D eigenvalue weighted by Crippen LogP contribution is -2.25. The molecule has 18 heteroatoms. The molecule has 0 bridgehead atoms. The van der Waals surface area contributed by atoms with Crippen molar-refractivity contribution in [3.8, 4) is 0 Å². The van der Waals surface area contributed by atoms with E-state index in [9.17, 15) is 39.0 Å². The van der Waals surface area contributed by atoms with Crippen LogP contribution in [-0.2, 0) is 66.5 Å². The van der Waals surface area contributed by atoms with E-state index in [0.29, 0.717) is 13.2 Å². The minimum atomic E-state index is -1.02. The van der Waals surface area contributed by atoms with Gasteiger partial charge in [0.2, 0.25) is 0 Å². The van der Waals surface area contributed by atoms with Gasteiger partial charge in [-0.3, -0.25) is 19.2 Å². The van der Waals surface area contributed by atoms with Gasteiger partial charge in [0.1, 0.15) is 51.8 Å². The summed E-state index contributed by atoms with van der Waals surface area (Å²) in [4.78, 5) is 68.3. The molecule has 0 aromatic carbocycles. The highest BCUT2D eigenvalue weighted by Crippen LogP contribution is 2.09. The van der Waals surface area contributed by atoms with Crippen LogP contribution in [0.1, 0.15) is 51.4 Å². The first-order valence-corrected chi connectivity index (χ1v) is 14.9. The second kappa shape index (κ2) is 22.7. The maximum atomic E-state index is 11.7. The molecule has 2 aliphatic heterocycles. The molecule has 0 aliphatic carbocycles. The number of hydrogen-bond donors (Lipinski definition) is 2. The Morgan fingerprint density at radius 1 is 0.587 bits per heavy atom. The number of ether oxygens (including phenoxy) is 10. The highest BCUT2D eigenvalue weighted by molar-refractivity contribution is 5.78. The van der Waals surface area contributed by atoms with Crippen LogP contribution in [0.2, 0.25) is 0 Å². The molecule has 0 spiro atoms. The molecule has 4 atom stereocenters. The third kappa shape index (κ3) is 18.9. The summed E-state index contributed by atoms with van der Waals surface area (Å²) < 4.78 is 48.9. The minimum absolute atomic E-state index is 0.00687. The van der Waals surface area contributed by atoms with Gasteiger partial charge in [0.15, 0.2) is 12.2 Å². The van der Waals surface area contributed by atoms with Crippen LogP contribution in [0.5, 0.6) is 0 Å². The SMILES string of the molecule is O=C(CCC(=O)OCC1COC(=O)O1)OCC(O)COCCCCCCOCC(O)COC(=O)CCC(=O)OCC1COC(=O)O1. The molecule has 46 heavy (non-hydrogen) atoms. The van der Waals surface area contributed by atoms with Crippen LogP contribution in [0.3, 0.4) is 0 Å². The molecule has 262 valence electrons. The van der Waals surface area contributed by atoms with Crippen molar-refractivity contribution in [2.24, 2.45) is 0 Å². The van der Waals surface area contributed by atoms with Crippen LogP contribution in [0.4, 0.5) is 9.59 Å². The number of carbonyl (C=O) groups is 6. The summed E-state index contributed by atoms with van der Waals surface area (Å²) in [5, 5.41) is 19.8. The van der Waals surface area contributed by atoms with Crippen LogP contribution in [0.25, 0.3) is 0 Å². The first kappa shape index (κ1) is 38.4. The Hall–Kier alpha value is -3.74. The van der Waals surface area contributed by atoms with Gasteiger partial charge in [0, 0.05) is 13.2 Å². The molecule has 2 rings (SSSR count). The zero-order chi connectivity index (χ0) is 33.6. The maximum absolute atomic E-state index is 11.7. The molecule has 0 radical (unpaired) electrons. The monoisotopic (exact) mass is 666 g/mol. The predicted molar refractivity (Wildman–Crippen MR) is 147 cm³/mol. The quantitative estimate of drug-likeness (QED) is 0.0747. The fourth-order valence-electron chi connectivity index (χ4n) is 3.64. The first-order chi connectivity index (χ1) is 22.1. The van der Waals surface area contributed by atoms with Gasteiger partial charge in [0.05, 0.1) is 38.9 Å². The van der Waals surface area contributed by atoms with Gasteiger partial charge >= 0.3 is 36.2 Å². The number of hydrogen-bond acceptors (Lipinski definition) is 18. The lowest BCUT2D eigenvalue weighted by atomic mass is 10.2. The van der Waals surface area contributed by atoms with E-state index >= 15 is 0 Å². The number of cyclic esters (lactones) is 4. The standard InChI is InChI=1S/C28H42O18/c29-19(13-39-23(31)5-7-25(33)41-15-21-17-43-27(35)45-21)11-37-9-3-1-2-4-10-38-12-20(30)14-40-24(32)6-8-26(34)42-16-22-18-44-28(36)46-22/h19-22,29-30H,1-18H2. The zero-order valence-corrected chi connectivity index (χ0v) is 25.5. The Bertz CT molecular complexity index is 894. The third-order valence-corrected chi connectivity index (χ3v) is 6.05. The molecule has 0 aromatic rings. The molecule has 18 nitrogen and oxygen atoms in total. The molecule has 2 aliphatic rings. The topological polar surface area (TPSA) is 235 Å². The average Bonchev–Trinajstić information content (AvgIpc) is 3.66. The van der Waals surface area contributed by atoms with Crippen molar-refractivity contribution in [2.45, 2.75) is 75.8 Å². The van der Waals surface area contributed by atoms with E-state index in [1.54, 1.807) is 0 Å². The number of carbonyl (C=O) groups excluding carboxylic acids is 6. The van der Waals surface area contributed by atoms with E-state index in [1.807, 2.05) is 0 Å². The minimum Gasteiger partial charge on any atom is -0.463 e. The molecule has 2 N–H and O–H groups in total. The zero-order valence-electron chi connectivity index (χ0n) is 25.5. The summed E-state index contributed by atoms with van der Waals surface area (Å²) in [6, 6.07) is 0. The lowest BCUT2D eigenvalue weighted by Gasteiger charge is -2.13. The van der Waals surface area contributed by atoms with Crippen molar-refractivity contribution in [3.05, 3.63) is 0 Å². The number of unbranched alkanes of at least 4 members (excludes halogenated alkanes) is 3.